The Morgan fingerprint density at radius 2 is 1.96 bits per heavy atom. The Hall–Kier alpha value is -2.88. The van der Waals surface area contributed by atoms with Crippen LogP contribution in [-0.2, 0) is 9.53 Å². The van der Waals surface area contributed by atoms with Gasteiger partial charge in [0.25, 0.3) is 0 Å². The fourth-order valence-corrected chi connectivity index (χ4v) is 3.68. The molecular formula is C24H26N2O2. The van der Waals surface area contributed by atoms with Gasteiger partial charge < -0.3 is 9.64 Å². The average molecular weight is 374 g/mol. The molecule has 1 aromatic carbocycles. The van der Waals surface area contributed by atoms with Crippen molar-refractivity contribution in [3.05, 3.63) is 77.4 Å². The van der Waals surface area contributed by atoms with Crippen LogP contribution in [0.5, 0.6) is 0 Å². The smallest absolute Gasteiger partial charge is 0.246 e. The van der Waals surface area contributed by atoms with E-state index < -0.39 is 0 Å². The van der Waals surface area contributed by atoms with Crippen molar-refractivity contribution in [2.24, 2.45) is 10.9 Å². The molecule has 0 saturated carbocycles. The maximum atomic E-state index is 12.4. The molecule has 0 N–H and O–H groups in total. The van der Waals surface area contributed by atoms with Gasteiger partial charge in [0.15, 0.2) is 0 Å². The second kappa shape index (κ2) is 8.87. The number of rotatable bonds is 4. The molecule has 1 amide bonds. The monoisotopic (exact) mass is 374 g/mol. The van der Waals surface area contributed by atoms with Crippen LogP contribution in [0.15, 0.2) is 71.3 Å². The summed E-state index contributed by atoms with van der Waals surface area (Å²) in [5.74, 6) is 1.22. The highest BCUT2D eigenvalue weighted by atomic mass is 16.5. The number of likely N-dealkylation sites (tertiary alicyclic amines) is 1. The van der Waals surface area contributed by atoms with Crippen molar-refractivity contribution in [2.75, 3.05) is 26.2 Å². The van der Waals surface area contributed by atoms with E-state index in [4.69, 9.17) is 4.74 Å². The molecule has 2 aliphatic heterocycles. The first-order chi connectivity index (χ1) is 13.8. The fourth-order valence-electron chi connectivity index (χ4n) is 3.68. The van der Waals surface area contributed by atoms with Crippen LogP contribution in [0.1, 0.15) is 30.4 Å². The summed E-state index contributed by atoms with van der Waals surface area (Å²) in [6.07, 6.45) is 17.2. The lowest BCUT2D eigenvalue weighted by molar-refractivity contribution is -0.126. The SMILES string of the molecule is O=C(C=CC1C=CC=CC1)N1CCC(=Cc2ccc(C3=NCCO3)cc2)CC1. The number of amides is 1. The third-order valence-corrected chi connectivity index (χ3v) is 5.33. The molecule has 4 heteroatoms. The molecule has 1 aromatic rings. The van der Waals surface area contributed by atoms with Gasteiger partial charge in [-0.05, 0) is 49.0 Å². The van der Waals surface area contributed by atoms with E-state index in [0.717, 1.165) is 50.4 Å². The highest BCUT2D eigenvalue weighted by Gasteiger charge is 2.17. The maximum Gasteiger partial charge on any atom is 0.246 e. The Kier molecular flexibility index (Phi) is 5.86. The third kappa shape index (κ3) is 4.69. The maximum absolute atomic E-state index is 12.4. The summed E-state index contributed by atoms with van der Waals surface area (Å²) < 4.78 is 5.51. The molecule has 0 spiro atoms. The van der Waals surface area contributed by atoms with Gasteiger partial charge in [0.2, 0.25) is 11.8 Å². The van der Waals surface area contributed by atoms with E-state index in [2.05, 4.69) is 53.6 Å². The average Bonchev–Trinajstić information content (AvgIpc) is 3.29. The number of aliphatic imine (C=N–C) groups is 1. The zero-order valence-electron chi connectivity index (χ0n) is 16.1. The summed E-state index contributed by atoms with van der Waals surface area (Å²) in [6, 6.07) is 8.35. The molecule has 2 heterocycles. The van der Waals surface area contributed by atoms with Crippen molar-refractivity contribution < 1.29 is 9.53 Å². The Bertz CT molecular complexity index is 849. The van der Waals surface area contributed by atoms with E-state index in [-0.39, 0.29) is 5.91 Å². The first-order valence-electron chi connectivity index (χ1n) is 10.1. The van der Waals surface area contributed by atoms with E-state index in [1.807, 2.05) is 17.1 Å². The van der Waals surface area contributed by atoms with Gasteiger partial charge in [-0.3, -0.25) is 4.79 Å². The predicted molar refractivity (Wildman–Crippen MR) is 113 cm³/mol. The minimum Gasteiger partial charge on any atom is -0.476 e. The first-order valence-corrected chi connectivity index (χ1v) is 10.1. The summed E-state index contributed by atoms with van der Waals surface area (Å²) in [5.41, 5.74) is 3.62. The highest BCUT2D eigenvalue weighted by Crippen LogP contribution is 2.21. The van der Waals surface area contributed by atoms with Crippen LogP contribution in [0.25, 0.3) is 6.08 Å². The molecule has 144 valence electrons. The van der Waals surface area contributed by atoms with Gasteiger partial charge in [-0.25, -0.2) is 4.99 Å². The van der Waals surface area contributed by atoms with E-state index in [1.165, 1.54) is 11.1 Å². The third-order valence-electron chi connectivity index (χ3n) is 5.33. The van der Waals surface area contributed by atoms with Crippen LogP contribution >= 0.6 is 0 Å². The predicted octanol–water partition coefficient (Wildman–Crippen LogP) is 4.16. The van der Waals surface area contributed by atoms with Crippen LogP contribution in [-0.4, -0.2) is 42.9 Å². The standard InChI is InChI=1S/C24H26N2O2/c27-23(11-8-19-4-2-1-3-5-19)26-15-12-21(13-16-26)18-20-6-9-22(10-7-20)24-25-14-17-28-24/h1-4,6-11,18-19H,5,12-17H2. The molecule has 0 aromatic heterocycles. The van der Waals surface area contributed by atoms with E-state index in [9.17, 15) is 4.79 Å². The lowest BCUT2D eigenvalue weighted by Crippen LogP contribution is -2.35. The Balaban J connectivity index is 1.29. The van der Waals surface area contributed by atoms with Gasteiger partial charge in [-0.1, -0.05) is 54.2 Å². The normalized spacial score (nSPS) is 21.7. The first kappa shape index (κ1) is 18.5. The number of hydrogen-bond donors (Lipinski definition) is 0. The zero-order chi connectivity index (χ0) is 19.2. The summed E-state index contributed by atoms with van der Waals surface area (Å²) in [4.78, 5) is 18.7. The number of carbonyl (C=O) groups is 1. The lowest BCUT2D eigenvalue weighted by atomic mass is 9.99. The molecule has 0 radical (unpaired) electrons. The Labute approximate surface area is 166 Å². The van der Waals surface area contributed by atoms with Crippen molar-refractivity contribution >= 4 is 17.9 Å². The number of ether oxygens (including phenoxy) is 1. The molecule has 1 fully saturated rings. The molecule has 4 rings (SSSR count). The van der Waals surface area contributed by atoms with Crippen molar-refractivity contribution in [3.63, 3.8) is 0 Å². The van der Waals surface area contributed by atoms with Gasteiger partial charge in [0.05, 0.1) is 6.54 Å². The topological polar surface area (TPSA) is 41.9 Å². The van der Waals surface area contributed by atoms with Crippen molar-refractivity contribution in [2.45, 2.75) is 19.3 Å². The van der Waals surface area contributed by atoms with Crippen LogP contribution in [0.4, 0.5) is 0 Å². The largest absolute Gasteiger partial charge is 0.476 e. The molecule has 1 unspecified atom stereocenters. The second-order valence-corrected chi connectivity index (χ2v) is 7.36. The number of piperidine rings is 1. The molecule has 0 bridgehead atoms. The molecule has 28 heavy (non-hydrogen) atoms. The minimum absolute atomic E-state index is 0.128. The molecule has 1 aliphatic carbocycles. The summed E-state index contributed by atoms with van der Waals surface area (Å²) in [7, 11) is 0. The number of benzene rings is 1. The van der Waals surface area contributed by atoms with Gasteiger partial charge in [0, 0.05) is 18.7 Å². The molecular weight excluding hydrogens is 348 g/mol. The van der Waals surface area contributed by atoms with Crippen LogP contribution in [0.2, 0.25) is 0 Å². The van der Waals surface area contributed by atoms with Crippen molar-refractivity contribution in [1.29, 1.82) is 0 Å². The summed E-state index contributed by atoms with van der Waals surface area (Å²) >= 11 is 0. The van der Waals surface area contributed by atoms with Crippen LogP contribution in [0.3, 0.4) is 0 Å². The number of carbonyl (C=O) groups excluding carboxylic acids is 1. The van der Waals surface area contributed by atoms with E-state index >= 15 is 0 Å². The van der Waals surface area contributed by atoms with E-state index in [1.54, 1.807) is 6.08 Å². The van der Waals surface area contributed by atoms with Crippen molar-refractivity contribution in [1.82, 2.24) is 4.90 Å². The molecule has 3 aliphatic rings. The fraction of sp³-hybridized carbons (Fsp3) is 0.333. The minimum atomic E-state index is 0.128. The number of nitrogens with zero attached hydrogens (tertiary/aromatic N) is 2. The van der Waals surface area contributed by atoms with Crippen LogP contribution < -0.4 is 0 Å². The van der Waals surface area contributed by atoms with Gasteiger partial charge >= 0.3 is 0 Å². The summed E-state index contributed by atoms with van der Waals surface area (Å²) in [5, 5.41) is 0. The van der Waals surface area contributed by atoms with E-state index in [0.29, 0.717) is 12.5 Å². The van der Waals surface area contributed by atoms with Gasteiger partial charge in [0.1, 0.15) is 6.61 Å². The highest BCUT2D eigenvalue weighted by molar-refractivity contribution is 5.95. The van der Waals surface area contributed by atoms with Gasteiger partial charge in [-0.2, -0.15) is 0 Å². The Morgan fingerprint density at radius 1 is 1.14 bits per heavy atom. The van der Waals surface area contributed by atoms with Gasteiger partial charge in [-0.15, -0.1) is 0 Å². The molecule has 1 atom stereocenters. The number of allylic oxidation sites excluding steroid dienone is 5. The quantitative estimate of drug-likeness (QED) is 0.743. The zero-order valence-corrected chi connectivity index (χ0v) is 16.1. The summed E-state index contributed by atoms with van der Waals surface area (Å²) in [6.45, 7) is 3.01. The molecule has 4 nitrogen and oxygen atoms in total. The van der Waals surface area contributed by atoms with Crippen LogP contribution in [0, 0.1) is 5.92 Å². The van der Waals surface area contributed by atoms with Crippen molar-refractivity contribution in [3.8, 4) is 0 Å². The number of hydrogen-bond acceptors (Lipinski definition) is 3. The Morgan fingerprint density at radius 3 is 2.64 bits per heavy atom. The molecule has 1 saturated heterocycles. The second-order valence-electron chi connectivity index (χ2n) is 7.36. The lowest BCUT2D eigenvalue weighted by Gasteiger charge is -2.27.